The maximum Gasteiger partial charge on any atom is 0.416 e. The van der Waals surface area contributed by atoms with Gasteiger partial charge < -0.3 is 4.42 Å². The quantitative estimate of drug-likeness (QED) is 0.559. The first-order valence-electron chi connectivity index (χ1n) is 9.45. The number of Topliss-reactive ketones (excluding diaryl/α,β-unsaturated/α-hetero) is 1. The van der Waals surface area contributed by atoms with Crippen molar-refractivity contribution in [2.75, 3.05) is 0 Å². The van der Waals surface area contributed by atoms with Gasteiger partial charge in [-0.05, 0) is 48.6 Å². The van der Waals surface area contributed by atoms with Gasteiger partial charge in [-0.15, -0.1) is 10.2 Å². The van der Waals surface area contributed by atoms with Crippen LogP contribution in [0, 0.1) is 0 Å². The number of halogens is 3. The van der Waals surface area contributed by atoms with Crippen LogP contribution < -0.4 is 0 Å². The molecular formula is C22H19F3N2O2. The Morgan fingerprint density at radius 1 is 1.07 bits per heavy atom. The van der Waals surface area contributed by atoms with Gasteiger partial charge in [0.05, 0.1) is 5.56 Å². The van der Waals surface area contributed by atoms with Gasteiger partial charge in [-0.3, -0.25) is 4.79 Å². The Hall–Kier alpha value is -2.96. The van der Waals surface area contributed by atoms with Crippen molar-refractivity contribution in [1.29, 1.82) is 0 Å². The zero-order valence-corrected chi connectivity index (χ0v) is 15.8. The summed E-state index contributed by atoms with van der Waals surface area (Å²) in [5, 5.41) is 8.26. The van der Waals surface area contributed by atoms with Crippen molar-refractivity contribution in [3.05, 3.63) is 71.1 Å². The standard InChI is InChI=1S/C22H19F3N2O2/c1-2-18(28)21(11-12-21)20-27-26-19(29-20)17-6-4-3-5-15(17)13-14-7-9-16(10-8-14)22(23,24)25/h3-10H,2,11-13H2,1H3. The molecule has 0 aliphatic heterocycles. The molecule has 0 amide bonds. The van der Waals surface area contributed by atoms with Gasteiger partial charge in [0.2, 0.25) is 11.8 Å². The van der Waals surface area contributed by atoms with E-state index in [1.165, 1.54) is 12.1 Å². The molecule has 0 N–H and O–H groups in total. The monoisotopic (exact) mass is 400 g/mol. The number of alkyl halides is 3. The fraction of sp³-hybridized carbons (Fsp3) is 0.318. The molecule has 4 nitrogen and oxygen atoms in total. The minimum atomic E-state index is -4.36. The first-order chi connectivity index (χ1) is 13.8. The normalized spacial score (nSPS) is 15.3. The second-order valence-corrected chi connectivity index (χ2v) is 7.30. The number of rotatable bonds is 6. The Morgan fingerprint density at radius 2 is 1.76 bits per heavy atom. The molecule has 1 saturated carbocycles. The smallest absolute Gasteiger partial charge is 0.416 e. The SMILES string of the molecule is CCC(=O)C1(c2nnc(-c3ccccc3Cc3ccc(C(F)(F)F)cc3)o2)CC1. The van der Waals surface area contributed by atoms with Crippen LogP contribution in [0.2, 0.25) is 0 Å². The van der Waals surface area contributed by atoms with E-state index in [-0.39, 0.29) is 5.78 Å². The van der Waals surface area contributed by atoms with Gasteiger partial charge in [0, 0.05) is 12.0 Å². The lowest BCUT2D eigenvalue weighted by molar-refractivity contribution is -0.137. The summed E-state index contributed by atoms with van der Waals surface area (Å²) in [5.74, 6) is 0.770. The van der Waals surface area contributed by atoms with Gasteiger partial charge >= 0.3 is 6.18 Å². The third kappa shape index (κ3) is 3.69. The molecule has 0 bridgehead atoms. The summed E-state index contributed by atoms with van der Waals surface area (Å²) < 4.78 is 44.2. The van der Waals surface area contributed by atoms with Gasteiger partial charge in [-0.2, -0.15) is 13.2 Å². The number of hydrogen-bond donors (Lipinski definition) is 0. The van der Waals surface area contributed by atoms with Gasteiger partial charge in [-0.1, -0.05) is 37.3 Å². The number of aromatic nitrogens is 2. The zero-order valence-electron chi connectivity index (χ0n) is 15.8. The van der Waals surface area contributed by atoms with Crippen LogP contribution in [-0.4, -0.2) is 16.0 Å². The predicted octanol–water partition coefficient (Wildman–Crippen LogP) is 5.36. The molecule has 0 unspecified atom stereocenters. The van der Waals surface area contributed by atoms with E-state index in [1.807, 2.05) is 31.2 Å². The van der Waals surface area contributed by atoms with Crippen molar-refractivity contribution in [2.24, 2.45) is 0 Å². The van der Waals surface area contributed by atoms with E-state index < -0.39 is 17.2 Å². The van der Waals surface area contributed by atoms with Crippen LogP contribution in [0.1, 0.15) is 48.8 Å². The van der Waals surface area contributed by atoms with Crippen LogP contribution in [0.25, 0.3) is 11.5 Å². The van der Waals surface area contributed by atoms with E-state index in [9.17, 15) is 18.0 Å². The molecule has 1 fully saturated rings. The van der Waals surface area contributed by atoms with E-state index in [4.69, 9.17) is 4.42 Å². The molecule has 29 heavy (non-hydrogen) atoms. The summed E-state index contributed by atoms with van der Waals surface area (Å²) in [6.45, 7) is 1.82. The lowest BCUT2D eigenvalue weighted by Crippen LogP contribution is -2.19. The number of nitrogens with zero attached hydrogens (tertiary/aromatic N) is 2. The van der Waals surface area contributed by atoms with E-state index >= 15 is 0 Å². The third-order valence-corrected chi connectivity index (χ3v) is 5.36. The van der Waals surface area contributed by atoms with E-state index in [2.05, 4.69) is 10.2 Å². The highest BCUT2D eigenvalue weighted by molar-refractivity contribution is 5.91. The van der Waals surface area contributed by atoms with Crippen molar-refractivity contribution in [2.45, 2.75) is 44.2 Å². The molecule has 3 aromatic rings. The molecule has 1 aromatic heterocycles. The topological polar surface area (TPSA) is 56.0 Å². The fourth-order valence-corrected chi connectivity index (χ4v) is 3.52. The highest BCUT2D eigenvalue weighted by Crippen LogP contribution is 2.49. The maximum atomic E-state index is 12.8. The first-order valence-corrected chi connectivity index (χ1v) is 9.45. The van der Waals surface area contributed by atoms with Gasteiger partial charge in [0.15, 0.2) is 0 Å². The van der Waals surface area contributed by atoms with Gasteiger partial charge in [-0.25, -0.2) is 0 Å². The maximum absolute atomic E-state index is 12.8. The summed E-state index contributed by atoms with van der Waals surface area (Å²) >= 11 is 0. The van der Waals surface area contributed by atoms with E-state index in [0.29, 0.717) is 43.0 Å². The van der Waals surface area contributed by atoms with E-state index in [0.717, 1.165) is 23.3 Å². The largest absolute Gasteiger partial charge is 0.420 e. The molecule has 1 aliphatic carbocycles. The average molecular weight is 400 g/mol. The fourth-order valence-electron chi connectivity index (χ4n) is 3.52. The molecule has 1 aliphatic rings. The zero-order chi connectivity index (χ0) is 20.6. The molecule has 0 radical (unpaired) electrons. The third-order valence-electron chi connectivity index (χ3n) is 5.36. The van der Waals surface area contributed by atoms with Crippen molar-refractivity contribution in [3.8, 4) is 11.5 Å². The molecule has 4 rings (SSSR count). The summed E-state index contributed by atoms with van der Waals surface area (Å²) in [5.41, 5.74) is 0.999. The molecule has 7 heteroatoms. The van der Waals surface area contributed by atoms with Crippen LogP contribution in [0.4, 0.5) is 13.2 Å². The minimum absolute atomic E-state index is 0.103. The lowest BCUT2D eigenvalue weighted by atomic mass is 9.98. The first kappa shape index (κ1) is 19.4. The Labute approximate surface area is 165 Å². The second-order valence-electron chi connectivity index (χ2n) is 7.30. The predicted molar refractivity (Wildman–Crippen MR) is 100 cm³/mol. The summed E-state index contributed by atoms with van der Waals surface area (Å²) in [6.07, 6.45) is -2.08. The number of carbonyl (C=O) groups is 1. The molecular weight excluding hydrogens is 381 g/mol. The Kier molecular flexibility index (Phi) is 4.76. The highest BCUT2D eigenvalue weighted by Gasteiger charge is 2.54. The number of ketones is 1. The highest BCUT2D eigenvalue weighted by atomic mass is 19.4. The van der Waals surface area contributed by atoms with Crippen LogP contribution in [0.3, 0.4) is 0 Å². The Balaban J connectivity index is 1.61. The van der Waals surface area contributed by atoms with Crippen LogP contribution >= 0.6 is 0 Å². The van der Waals surface area contributed by atoms with Gasteiger partial charge in [0.25, 0.3) is 0 Å². The lowest BCUT2D eigenvalue weighted by Gasteiger charge is -2.10. The minimum Gasteiger partial charge on any atom is -0.420 e. The van der Waals surface area contributed by atoms with Crippen molar-refractivity contribution < 1.29 is 22.4 Å². The molecule has 0 atom stereocenters. The molecule has 0 saturated heterocycles. The van der Waals surface area contributed by atoms with Crippen molar-refractivity contribution in [1.82, 2.24) is 10.2 Å². The van der Waals surface area contributed by atoms with E-state index in [1.54, 1.807) is 0 Å². The number of carbonyl (C=O) groups excluding carboxylic acids is 1. The van der Waals surface area contributed by atoms with Crippen molar-refractivity contribution in [3.63, 3.8) is 0 Å². The molecule has 2 aromatic carbocycles. The van der Waals surface area contributed by atoms with Crippen LogP contribution in [0.15, 0.2) is 52.9 Å². The molecule has 0 spiro atoms. The van der Waals surface area contributed by atoms with Crippen LogP contribution in [-0.2, 0) is 22.8 Å². The molecule has 150 valence electrons. The summed E-state index contributed by atoms with van der Waals surface area (Å²) in [4.78, 5) is 12.2. The van der Waals surface area contributed by atoms with Crippen LogP contribution in [0.5, 0.6) is 0 Å². The summed E-state index contributed by atoms with van der Waals surface area (Å²) in [6, 6.07) is 12.5. The summed E-state index contributed by atoms with van der Waals surface area (Å²) in [7, 11) is 0. The number of benzene rings is 2. The second kappa shape index (κ2) is 7.13. The molecule has 1 heterocycles. The Morgan fingerprint density at radius 3 is 2.38 bits per heavy atom. The average Bonchev–Trinajstić information content (AvgIpc) is 3.37. The Bertz CT molecular complexity index is 1030. The number of hydrogen-bond acceptors (Lipinski definition) is 4. The van der Waals surface area contributed by atoms with Gasteiger partial charge in [0.1, 0.15) is 11.2 Å². The van der Waals surface area contributed by atoms with Crippen molar-refractivity contribution >= 4 is 5.78 Å².